The van der Waals surface area contributed by atoms with Crippen molar-refractivity contribution in [2.75, 3.05) is 6.61 Å². The third-order valence-electron chi connectivity index (χ3n) is 4.72. The Labute approximate surface area is 182 Å². The van der Waals surface area contributed by atoms with Gasteiger partial charge in [0, 0.05) is 35.5 Å². The summed E-state index contributed by atoms with van der Waals surface area (Å²) < 4.78 is 10.4. The van der Waals surface area contributed by atoms with Crippen LogP contribution in [0.25, 0.3) is 22.4 Å². The van der Waals surface area contributed by atoms with Crippen LogP contribution in [0, 0.1) is 0 Å². The van der Waals surface area contributed by atoms with Crippen LogP contribution in [0.4, 0.5) is 0 Å². The van der Waals surface area contributed by atoms with E-state index in [0.717, 1.165) is 46.4 Å². The molecule has 0 saturated heterocycles. The van der Waals surface area contributed by atoms with Gasteiger partial charge in [0.25, 0.3) is 0 Å². The Hall–Kier alpha value is -2.97. The molecule has 2 heterocycles. The van der Waals surface area contributed by atoms with Crippen LogP contribution in [0.2, 0.25) is 0 Å². The first kappa shape index (κ1) is 21.7. The fourth-order valence-corrected chi connectivity index (χ4v) is 3.61. The normalized spacial score (nSPS) is 10.7. The van der Waals surface area contributed by atoms with Crippen LogP contribution < -0.4 is 0 Å². The van der Waals surface area contributed by atoms with Crippen molar-refractivity contribution >= 4 is 32.9 Å². The van der Waals surface area contributed by atoms with Crippen LogP contribution in [0.1, 0.15) is 23.7 Å². The number of benzene rings is 2. The Balaban J connectivity index is 0.00000256. The zero-order valence-corrected chi connectivity index (χ0v) is 18.2. The van der Waals surface area contributed by atoms with E-state index in [9.17, 15) is 4.79 Å². The van der Waals surface area contributed by atoms with Gasteiger partial charge in [-0.2, -0.15) is 0 Å². The second kappa shape index (κ2) is 9.69. The molecule has 156 valence electrons. The average molecular weight is 471 g/mol. The molecular weight excluding hydrogens is 448 g/mol. The minimum atomic E-state index is -0.325. The van der Waals surface area contributed by atoms with Crippen molar-refractivity contribution < 1.29 is 15.0 Å². The van der Waals surface area contributed by atoms with Crippen molar-refractivity contribution in [1.29, 1.82) is 0 Å². The molecule has 0 amide bonds. The van der Waals surface area contributed by atoms with Crippen molar-refractivity contribution in [2.24, 2.45) is 0 Å². The number of carbonyl (C=O) groups is 1. The smallest absolute Gasteiger partial charge is 0.338 e. The van der Waals surface area contributed by atoms with Crippen molar-refractivity contribution in [1.82, 2.24) is 19.1 Å². The van der Waals surface area contributed by atoms with E-state index in [2.05, 4.69) is 30.0 Å². The van der Waals surface area contributed by atoms with Gasteiger partial charge in [-0.25, -0.2) is 14.8 Å². The monoisotopic (exact) mass is 470 g/mol. The lowest BCUT2D eigenvalue weighted by Gasteiger charge is -2.10. The number of nitrogens with zero attached hydrogens (tertiary/aromatic N) is 4. The second-order valence-electron chi connectivity index (χ2n) is 6.67. The van der Waals surface area contributed by atoms with E-state index in [4.69, 9.17) is 9.72 Å². The molecule has 0 saturated carbocycles. The van der Waals surface area contributed by atoms with Gasteiger partial charge in [0.2, 0.25) is 0 Å². The van der Waals surface area contributed by atoms with Gasteiger partial charge in [0.15, 0.2) is 0 Å². The molecule has 0 aliphatic carbocycles. The molecule has 2 aromatic heterocycles. The average Bonchev–Trinajstić information content (AvgIpc) is 3.36. The summed E-state index contributed by atoms with van der Waals surface area (Å²) in [5.41, 5.74) is 3.34. The van der Waals surface area contributed by atoms with E-state index in [1.54, 1.807) is 19.2 Å². The Morgan fingerprint density at radius 1 is 1.13 bits per heavy atom. The Bertz CT molecular complexity index is 1120. The third-order valence-corrected chi connectivity index (χ3v) is 5.25. The predicted molar refractivity (Wildman–Crippen MR) is 119 cm³/mol. The molecule has 0 unspecified atom stereocenters. The maximum atomic E-state index is 12.1. The van der Waals surface area contributed by atoms with E-state index in [0.29, 0.717) is 12.2 Å². The quantitative estimate of drug-likeness (QED) is 0.379. The minimum absolute atomic E-state index is 0. The molecule has 4 rings (SSSR count). The maximum Gasteiger partial charge on any atom is 0.338 e. The number of ether oxygens (including phenoxy) is 1. The molecule has 0 radical (unpaired) electrons. The molecule has 7 nitrogen and oxygen atoms in total. The minimum Gasteiger partial charge on any atom is -0.462 e. The summed E-state index contributed by atoms with van der Waals surface area (Å²) in [7, 11) is 0. The van der Waals surface area contributed by atoms with E-state index in [-0.39, 0.29) is 11.4 Å². The predicted octanol–water partition coefficient (Wildman–Crippen LogP) is 4.10. The van der Waals surface area contributed by atoms with Crippen molar-refractivity contribution in [3.8, 4) is 11.4 Å². The third kappa shape index (κ3) is 4.60. The number of imidazole rings is 2. The molecule has 8 heteroatoms. The molecule has 30 heavy (non-hydrogen) atoms. The van der Waals surface area contributed by atoms with Gasteiger partial charge < -0.3 is 19.3 Å². The van der Waals surface area contributed by atoms with Gasteiger partial charge in [-0.15, -0.1) is 0 Å². The molecule has 2 N–H and O–H groups in total. The molecule has 0 aliphatic rings. The van der Waals surface area contributed by atoms with Crippen LogP contribution in [0.3, 0.4) is 0 Å². The van der Waals surface area contributed by atoms with Crippen LogP contribution in [0.15, 0.2) is 65.7 Å². The molecule has 0 aliphatic heterocycles. The summed E-state index contributed by atoms with van der Waals surface area (Å²) in [6.45, 7) is 3.83. The van der Waals surface area contributed by atoms with Gasteiger partial charge in [-0.1, -0.05) is 28.1 Å². The second-order valence-corrected chi connectivity index (χ2v) is 7.59. The van der Waals surface area contributed by atoms with Gasteiger partial charge >= 0.3 is 5.97 Å². The molecule has 0 fully saturated rings. The summed E-state index contributed by atoms with van der Waals surface area (Å²) in [6, 6.07) is 13.7. The first-order valence-corrected chi connectivity index (χ1v) is 10.3. The van der Waals surface area contributed by atoms with Crippen LogP contribution in [-0.4, -0.2) is 37.2 Å². The zero-order chi connectivity index (χ0) is 20.2. The molecule has 2 aromatic carbocycles. The largest absolute Gasteiger partial charge is 0.462 e. The summed E-state index contributed by atoms with van der Waals surface area (Å²) in [4.78, 5) is 21.1. The summed E-state index contributed by atoms with van der Waals surface area (Å²) in [5.74, 6) is 0.563. The lowest BCUT2D eigenvalue weighted by molar-refractivity contribution is 0.0526. The zero-order valence-electron chi connectivity index (χ0n) is 16.6. The lowest BCUT2D eigenvalue weighted by Crippen LogP contribution is -2.05. The Kier molecular flexibility index (Phi) is 7.02. The standard InChI is InChI=1S/C22H21BrN4O2.H2O/c1-2-29-22(28)17-6-9-20-19(14-17)25-21(16-4-7-18(23)8-5-16)27(20)12-3-11-26-13-10-24-15-26;/h4-10,13-15H,2-3,11-12H2,1H3;1H2. The fourth-order valence-electron chi connectivity index (χ4n) is 3.35. The van der Waals surface area contributed by atoms with Crippen LogP contribution >= 0.6 is 15.9 Å². The highest BCUT2D eigenvalue weighted by atomic mass is 79.9. The summed E-state index contributed by atoms with van der Waals surface area (Å²) in [5, 5.41) is 0. The number of aryl methyl sites for hydroxylation is 2. The first-order chi connectivity index (χ1) is 14.2. The summed E-state index contributed by atoms with van der Waals surface area (Å²) >= 11 is 3.49. The van der Waals surface area contributed by atoms with E-state index in [1.165, 1.54) is 0 Å². The molecule has 0 atom stereocenters. The number of rotatable bonds is 7. The van der Waals surface area contributed by atoms with Gasteiger partial charge in [0.1, 0.15) is 5.82 Å². The molecule has 0 bridgehead atoms. The van der Waals surface area contributed by atoms with Gasteiger partial charge in [0.05, 0.1) is 29.5 Å². The number of hydrogen-bond acceptors (Lipinski definition) is 4. The number of esters is 1. The topological polar surface area (TPSA) is 93.4 Å². The fraction of sp³-hybridized carbons (Fsp3) is 0.227. The van der Waals surface area contributed by atoms with Gasteiger partial charge in [-0.05, 0) is 43.7 Å². The van der Waals surface area contributed by atoms with Crippen LogP contribution in [0.5, 0.6) is 0 Å². The van der Waals surface area contributed by atoms with Gasteiger partial charge in [-0.3, -0.25) is 0 Å². The van der Waals surface area contributed by atoms with Crippen LogP contribution in [-0.2, 0) is 17.8 Å². The molecular formula is C22H23BrN4O3. The van der Waals surface area contributed by atoms with E-state index in [1.807, 2.05) is 48.9 Å². The summed E-state index contributed by atoms with van der Waals surface area (Å²) in [6.07, 6.45) is 6.52. The van der Waals surface area contributed by atoms with Crippen molar-refractivity contribution in [2.45, 2.75) is 26.4 Å². The first-order valence-electron chi connectivity index (χ1n) is 9.55. The number of carbonyl (C=O) groups excluding carboxylic acids is 1. The Morgan fingerprint density at radius 2 is 1.93 bits per heavy atom. The maximum absolute atomic E-state index is 12.1. The lowest BCUT2D eigenvalue weighted by atomic mass is 10.2. The number of halogens is 1. The van der Waals surface area contributed by atoms with Crippen molar-refractivity contribution in [3.63, 3.8) is 0 Å². The van der Waals surface area contributed by atoms with Crippen molar-refractivity contribution in [3.05, 3.63) is 71.2 Å². The Morgan fingerprint density at radius 3 is 2.63 bits per heavy atom. The van der Waals surface area contributed by atoms with E-state index < -0.39 is 0 Å². The SMILES string of the molecule is CCOC(=O)c1ccc2c(c1)nc(-c1ccc(Br)cc1)n2CCCn1ccnc1.O. The number of aromatic nitrogens is 4. The number of fused-ring (bicyclic) bond motifs is 1. The number of hydrogen-bond donors (Lipinski definition) is 0. The molecule has 0 spiro atoms. The molecule has 4 aromatic rings. The highest BCUT2D eigenvalue weighted by Crippen LogP contribution is 2.27. The highest BCUT2D eigenvalue weighted by molar-refractivity contribution is 9.10. The van der Waals surface area contributed by atoms with E-state index >= 15 is 0 Å². The highest BCUT2D eigenvalue weighted by Gasteiger charge is 2.15.